The SMILES string of the molecule is CCN1CC[C@@]2(CCC1=O)CN(c1cccnn1)CCN2C. The van der Waals surface area contributed by atoms with Crippen LogP contribution in [0.4, 0.5) is 5.82 Å². The number of hydrogen-bond donors (Lipinski definition) is 0. The summed E-state index contributed by atoms with van der Waals surface area (Å²) in [7, 11) is 2.19. The summed E-state index contributed by atoms with van der Waals surface area (Å²) in [5, 5.41) is 8.26. The zero-order valence-electron chi connectivity index (χ0n) is 13.5. The summed E-state index contributed by atoms with van der Waals surface area (Å²) in [5.74, 6) is 1.24. The fourth-order valence-electron chi connectivity index (χ4n) is 3.69. The number of piperazine rings is 1. The van der Waals surface area contributed by atoms with Crippen molar-refractivity contribution in [1.82, 2.24) is 20.0 Å². The fraction of sp³-hybridized carbons (Fsp3) is 0.688. The van der Waals surface area contributed by atoms with E-state index in [0.717, 1.165) is 51.4 Å². The Bertz CT molecular complexity index is 523. The van der Waals surface area contributed by atoms with Gasteiger partial charge in [-0.3, -0.25) is 9.69 Å². The zero-order valence-corrected chi connectivity index (χ0v) is 13.5. The van der Waals surface area contributed by atoms with Crippen molar-refractivity contribution in [1.29, 1.82) is 0 Å². The highest BCUT2D eigenvalue weighted by atomic mass is 16.2. The van der Waals surface area contributed by atoms with Gasteiger partial charge in [-0.05, 0) is 38.9 Å². The third-order valence-corrected chi connectivity index (χ3v) is 5.27. The normalized spacial score (nSPS) is 27.3. The summed E-state index contributed by atoms with van der Waals surface area (Å²) in [6.45, 7) is 6.61. The molecule has 0 unspecified atom stereocenters. The Morgan fingerprint density at radius 2 is 2.14 bits per heavy atom. The van der Waals surface area contributed by atoms with Crippen LogP contribution in [0.2, 0.25) is 0 Å². The molecule has 0 aromatic carbocycles. The standard InChI is InChI=1S/C16H25N5O/c1-3-20-10-8-16(7-6-15(20)22)13-21(12-11-19(16)2)14-5-4-9-17-18-14/h4-5,9H,3,6-8,10-13H2,1-2H3/t16-/m0/s1. The van der Waals surface area contributed by atoms with Crippen LogP contribution in [-0.4, -0.2) is 71.2 Å². The van der Waals surface area contributed by atoms with Gasteiger partial charge in [-0.2, -0.15) is 5.10 Å². The first kappa shape index (κ1) is 15.2. The van der Waals surface area contributed by atoms with Crippen molar-refractivity contribution in [3.63, 3.8) is 0 Å². The van der Waals surface area contributed by atoms with Gasteiger partial charge in [0.2, 0.25) is 5.91 Å². The van der Waals surface area contributed by atoms with Gasteiger partial charge in [0.15, 0.2) is 5.82 Å². The average Bonchev–Trinajstić information content (AvgIpc) is 2.71. The number of amides is 1. The maximum atomic E-state index is 12.2. The van der Waals surface area contributed by atoms with E-state index >= 15 is 0 Å². The Hall–Kier alpha value is -1.69. The molecule has 2 aliphatic rings. The molecule has 120 valence electrons. The molecule has 2 fully saturated rings. The molecule has 1 atom stereocenters. The number of aromatic nitrogens is 2. The Balaban J connectivity index is 1.80. The molecule has 0 N–H and O–H groups in total. The van der Waals surface area contributed by atoms with Crippen LogP contribution in [0.3, 0.4) is 0 Å². The van der Waals surface area contributed by atoms with Crippen LogP contribution in [0.25, 0.3) is 0 Å². The van der Waals surface area contributed by atoms with Crippen molar-refractivity contribution < 1.29 is 4.79 Å². The molecule has 6 heteroatoms. The molecular formula is C16H25N5O. The van der Waals surface area contributed by atoms with Crippen LogP contribution < -0.4 is 4.90 Å². The van der Waals surface area contributed by atoms with Gasteiger partial charge >= 0.3 is 0 Å². The van der Waals surface area contributed by atoms with Gasteiger partial charge in [0.05, 0.1) is 0 Å². The van der Waals surface area contributed by atoms with Crippen LogP contribution in [0.1, 0.15) is 26.2 Å². The summed E-state index contributed by atoms with van der Waals surface area (Å²) in [4.78, 5) is 19.0. The number of carbonyl (C=O) groups excluding carboxylic acids is 1. The van der Waals surface area contributed by atoms with Crippen molar-refractivity contribution in [2.45, 2.75) is 31.7 Å². The lowest BCUT2D eigenvalue weighted by Crippen LogP contribution is -2.61. The second-order valence-corrected chi connectivity index (χ2v) is 6.37. The number of carbonyl (C=O) groups is 1. The number of anilines is 1. The maximum Gasteiger partial charge on any atom is 0.222 e. The Kier molecular flexibility index (Phi) is 4.29. The highest BCUT2D eigenvalue weighted by Crippen LogP contribution is 2.33. The first-order valence-corrected chi connectivity index (χ1v) is 8.16. The zero-order chi connectivity index (χ0) is 15.6. The second kappa shape index (κ2) is 6.20. The van der Waals surface area contributed by atoms with Gasteiger partial charge in [0.25, 0.3) is 0 Å². The number of rotatable bonds is 2. The molecule has 3 heterocycles. The Morgan fingerprint density at radius 3 is 2.86 bits per heavy atom. The maximum absolute atomic E-state index is 12.2. The Labute approximate surface area is 132 Å². The van der Waals surface area contributed by atoms with Gasteiger partial charge in [-0.15, -0.1) is 5.10 Å². The molecular weight excluding hydrogens is 278 g/mol. The topological polar surface area (TPSA) is 52.6 Å². The van der Waals surface area contributed by atoms with Crippen molar-refractivity contribution in [2.24, 2.45) is 0 Å². The minimum absolute atomic E-state index is 0.0648. The number of likely N-dealkylation sites (N-methyl/N-ethyl adjacent to an activating group) is 1. The molecule has 1 spiro atoms. The molecule has 2 aliphatic heterocycles. The summed E-state index contributed by atoms with van der Waals surface area (Å²) in [6, 6.07) is 3.95. The molecule has 1 aromatic rings. The molecule has 0 bridgehead atoms. The monoisotopic (exact) mass is 303 g/mol. The quantitative estimate of drug-likeness (QED) is 0.816. The summed E-state index contributed by atoms with van der Waals surface area (Å²) in [5.41, 5.74) is 0.0648. The summed E-state index contributed by atoms with van der Waals surface area (Å²) < 4.78 is 0. The number of nitrogens with zero attached hydrogens (tertiary/aromatic N) is 5. The molecule has 0 radical (unpaired) electrons. The van der Waals surface area contributed by atoms with Crippen LogP contribution in [0.15, 0.2) is 18.3 Å². The van der Waals surface area contributed by atoms with Crippen molar-refractivity contribution in [2.75, 3.05) is 44.7 Å². The van der Waals surface area contributed by atoms with Crippen LogP contribution >= 0.6 is 0 Å². The van der Waals surface area contributed by atoms with Crippen LogP contribution in [0, 0.1) is 0 Å². The van der Waals surface area contributed by atoms with E-state index in [4.69, 9.17) is 0 Å². The Morgan fingerprint density at radius 1 is 1.27 bits per heavy atom. The minimum atomic E-state index is 0.0648. The third kappa shape index (κ3) is 2.79. The van der Waals surface area contributed by atoms with Gasteiger partial charge in [-0.1, -0.05) is 0 Å². The molecule has 22 heavy (non-hydrogen) atoms. The third-order valence-electron chi connectivity index (χ3n) is 5.27. The molecule has 3 rings (SSSR count). The molecule has 2 saturated heterocycles. The molecule has 6 nitrogen and oxygen atoms in total. The second-order valence-electron chi connectivity index (χ2n) is 6.37. The summed E-state index contributed by atoms with van der Waals surface area (Å²) >= 11 is 0. The van der Waals surface area contributed by atoms with Crippen LogP contribution in [0.5, 0.6) is 0 Å². The average molecular weight is 303 g/mol. The van der Waals surface area contributed by atoms with Gasteiger partial charge in [0.1, 0.15) is 0 Å². The van der Waals surface area contributed by atoms with Crippen LogP contribution in [-0.2, 0) is 4.79 Å². The van der Waals surface area contributed by atoms with Crippen molar-refractivity contribution >= 4 is 11.7 Å². The first-order valence-electron chi connectivity index (χ1n) is 8.16. The molecule has 0 aliphatic carbocycles. The summed E-state index contributed by atoms with van der Waals surface area (Å²) in [6.07, 6.45) is 4.31. The molecule has 1 amide bonds. The highest BCUT2D eigenvalue weighted by molar-refractivity contribution is 5.76. The van der Waals surface area contributed by atoms with E-state index in [-0.39, 0.29) is 5.54 Å². The van der Waals surface area contributed by atoms with Crippen molar-refractivity contribution in [3.05, 3.63) is 18.3 Å². The molecule has 1 aromatic heterocycles. The lowest BCUT2D eigenvalue weighted by molar-refractivity contribution is -0.130. The molecule has 0 saturated carbocycles. The van der Waals surface area contributed by atoms with Gasteiger partial charge in [0, 0.05) is 50.9 Å². The van der Waals surface area contributed by atoms with E-state index in [1.54, 1.807) is 6.20 Å². The first-order chi connectivity index (χ1) is 10.6. The fourth-order valence-corrected chi connectivity index (χ4v) is 3.69. The predicted octanol–water partition coefficient (Wildman–Crippen LogP) is 1.000. The van der Waals surface area contributed by atoms with E-state index in [0.29, 0.717) is 12.3 Å². The lowest BCUT2D eigenvalue weighted by atomic mass is 9.86. The van der Waals surface area contributed by atoms with Gasteiger partial charge < -0.3 is 9.80 Å². The van der Waals surface area contributed by atoms with E-state index in [9.17, 15) is 4.79 Å². The largest absolute Gasteiger partial charge is 0.352 e. The van der Waals surface area contributed by atoms with E-state index in [1.165, 1.54) is 0 Å². The van der Waals surface area contributed by atoms with Gasteiger partial charge in [-0.25, -0.2) is 0 Å². The van der Waals surface area contributed by atoms with E-state index in [1.807, 2.05) is 17.0 Å². The lowest BCUT2D eigenvalue weighted by Gasteiger charge is -2.49. The smallest absolute Gasteiger partial charge is 0.222 e. The number of hydrogen-bond acceptors (Lipinski definition) is 5. The van der Waals surface area contributed by atoms with E-state index < -0.39 is 0 Å². The predicted molar refractivity (Wildman–Crippen MR) is 85.7 cm³/mol. The number of likely N-dealkylation sites (tertiary alicyclic amines) is 1. The highest BCUT2D eigenvalue weighted by Gasteiger charge is 2.42. The minimum Gasteiger partial charge on any atom is -0.352 e. The van der Waals surface area contributed by atoms with E-state index in [2.05, 4.69) is 34.0 Å². The van der Waals surface area contributed by atoms with Crippen molar-refractivity contribution in [3.8, 4) is 0 Å².